The van der Waals surface area contributed by atoms with Crippen LogP contribution in [-0.4, -0.2) is 24.8 Å². The second-order valence-corrected chi connectivity index (χ2v) is 5.32. The Hall–Kier alpha value is -0.680. The van der Waals surface area contributed by atoms with Crippen LogP contribution in [-0.2, 0) is 4.79 Å². The molecule has 1 atom stereocenters. The Bertz CT molecular complexity index is 424. The van der Waals surface area contributed by atoms with Crippen molar-refractivity contribution in [1.82, 2.24) is 0 Å². The van der Waals surface area contributed by atoms with Crippen LogP contribution in [0.25, 0.3) is 0 Å². The van der Waals surface area contributed by atoms with E-state index in [1.54, 1.807) is 12.0 Å². The Labute approximate surface area is 108 Å². The monoisotopic (exact) mass is 301 g/mol. The van der Waals surface area contributed by atoms with E-state index < -0.39 is 0 Å². The van der Waals surface area contributed by atoms with Crippen LogP contribution in [0.1, 0.15) is 6.42 Å². The van der Waals surface area contributed by atoms with Gasteiger partial charge in [0.1, 0.15) is 5.75 Å². The Morgan fingerprint density at radius 2 is 2.31 bits per heavy atom. The van der Waals surface area contributed by atoms with Gasteiger partial charge < -0.3 is 9.64 Å². The van der Waals surface area contributed by atoms with E-state index in [2.05, 4.69) is 28.6 Å². The summed E-state index contributed by atoms with van der Waals surface area (Å²) in [5.41, 5.74) is 0.812. The molecule has 0 radical (unpaired) electrons. The summed E-state index contributed by atoms with van der Waals surface area (Å²) >= 11 is 7.71. The predicted molar refractivity (Wildman–Crippen MR) is 70.4 cm³/mol. The molecule has 1 unspecified atom stereocenters. The third-order valence-electron chi connectivity index (χ3n) is 2.54. The van der Waals surface area contributed by atoms with Crippen LogP contribution in [0.2, 0.25) is 0 Å². The molecule has 1 fully saturated rings. The number of nitrogens with zero attached hydrogens (tertiary/aromatic N) is 1. The molecule has 16 heavy (non-hydrogen) atoms. The molecule has 1 amide bonds. The third kappa shape index (κ3) is 2.20. The summed E-state index contributed by atoms with van der Waals surface area (Å²) in [6.07, 6.45) is 0.488. The standard InChI is InChI=1S/C11H12BrNO2S/c1-15-10-4-7(12)2-3-9(10)13-6-8(16)5-11(13)14/h2-4,8,16H,5-6H2,1H3. The van der Waals surface area contributed by atoms with Gasteiger partial charge in [0.25, 0.3) is 0 Å². The first kappa shape index (κ1) is 11.8. The third-order valence-corrected chi connectivity index (χ3v) is 3.38. The SMILES string of the molecule is COc1cc(Br)ccc1N1CC(S)CC1=O. The molecule has 1 aliphatic heterocycles. The highest BCUT2D eigenvalue weighted by Crippen LogP contribution is 2.34. The molecule has 1 aliphatic rings. The zero-order chi connectivity index (χ0) is 11.7. The lowest BCUT2D eigenvalue weighted by molar-refractivity contribution is -0.117. The first-order chi connectivity index (χ1) is 7.61. The van der Waals surface area contributed by atoms with Crippen molar-refractivity contribution in [2.24, 2.45) is 0 Å². The molecule has 0 aliphatic carbocycles. The van der Waals surface area contributed by atoms with E-state index in [4.69, 9.17) is 4.74 Å². The molecule has 1 aromatic carbocycles. The Kier molecular flexibility index (Phi) is 3.44. The van der Waals surface area contributed by atoms with Gasteiger partial charge in [0, 0.05) is 22.7 Å². The maximum Gasteiger partial charge on any atom is 0.228 e. The minimum absolute atomic E-state index is 0.0978. The van der Waals surface area contributed by atoms with E-state index in [1.165, 1.54) is 0 Å². The normalized spacial score (nSPS) is 20.3. The number of hydrogen-bond acceptors (Lipinski definition) is 3. The van der Waals surface area contributed by atoms with Crippen molar-refractivity contribution < 1.29 is 9.53 Å². The summed E-state index contributed by atoms with van der Waals surface area (Å²) in [4.78, 5) is 13.5. The number of carbonyl (C=O) groups excluding carboxylic acids is 1. The number of rotatable bonds is 2. The van der Waals surface area contributed by atoms with Gasteiger partial charge in [-0.05, 0) is 18.2 Å². The maximum atomic E-state index is 11.7. The van der Waals surface area contributed by atoms with Gasteiger partial charge >= 0.3 is 0 Å². The van der Waals surface area contributed by atoms with Crippen molar-refractivity contribution in [3.8, 4) is 5.75 Å². The number of carbonyl (C=O) groups is 1. The molecule has 1 aromatic rings. The van der Waals surface area contributed by atoms with Crippen LogP contribution in [0.3, 0.4) is 0 Å². The van der Waals surface area contributed by atoms with E-state index in [0.717, 1.165) is 10.2 Å². The highest BCUT2D eigenvalue weighted by Gasteiger charge is 2.29. The molecule has 0 spiro atoms. The Morgan fingerprint density at radius 3 is 2.88 bits per heavy atom. The predicted octanol–water partition coefficient (Wildman–Crippen LogP) is 2.49. The molecule has 0 N–H and O–H groups in total. The molecular formula is C11H12BrNO2S. The minimum atomic E-state index is 0.0978. The second-order valence-electron chi connectivity index (χ2n) is 3.68. The number of anilines is 1. The van der Waals surface area contributed by atoms with Crippen molar-refractivity contribution in [2.45, 2.75) is 11.7 Å². The summed E-state index contributed by atoms with van der Waals surface area (Å²) in [7, 11) is 1.60. The first-order valence-electron chi connectivity index (χ1n) is 4.94. The molecule has 1 saturated heterocycles. The van der Waals surface area contributed by atoms with E-state index in [9.17, 15) is 4.79 Å². The number of hydrogen-bond donors (Lipinski definition) is 1. The van der Waals surface area contributed by atoms with Gasteiger partial charge in [0.2, 0.25) is 5.91 Å². The van der Waals surface area contributed by atoms with Gasteiger partial charge in [0.05, 0.1) is 12.8 Å². The smallest absolute Gasteiger partial charge is 0.228 e. The molecule has 0 saturated carbocycles. The van der Waals surface area contributed by atoms with Crippen molar-refractivity contribution >= 4 is 40.2 Å². The zero-order valence-electron chi connectivity index (χ0n) is 8.81. The zero-order valence-corrected chi connectivity index (χ0v) is 11.3. The van der Waals surface area contributed by atoms with Gasteiger partial charge in [-0.1, -0.05) is 15.9 Å². The number of thiol groups is 1. The Morgan fingerprint density at radius 1 is 1.56 bits per heavy atom. The number of halogens is 1. The molecule has 1 heterocycles. The summed E-state index contributed by atoms with van der Waals surface area (Å²) < 4.78 is 6.21. The van der Waals surface area contributed by atoms with Crippen molar-refractivity contribution in [3.63, 3.8) is 0 Å². The lowest BCUT2D eigenvalue weighted by Crippen LogP contribution is -2.25. The molecule has 0 bridgehead atoms. The summed E-state index contributed by atoms with van der Waals surface area (Å²) in [5, 5.41) is 0.112. The minimum Gasteiger partial charge on any atom is -0.495 e. The van der Waals surface area contributed by atoms with E-state index in [1.807, 2.05) is 18.2 Å². The van der Waals surface area contributed by atoms with Gasteiger partial charge in [0.15, 0.2) is 0 Å². The van der Waals surface area contributed by atoms with Crippen LogP contribution in [0, 0.1) is 0 Å². The highest BCUT2D eigenvalue weighted by molar-refractivity contribution is 9.10. The maximum absolute atomic E-state index is 11.7. The van der Waals surface area contributed by atoms with Crippen LogP contribution < -0.4 is 9.64 Å². The first-order valence-corrected chi connectivity index (χ1v) is 6.24. The van der Waals surface area contributed by atoms with Crippen molar-refractivity contribution in [3.05, 3.63) is 22.7 Å². The quantitative estimate of drug-likeness (QED) is 0.851. The summed E-state index contributed by atoms with van der Waals surface area (Å²) in [6.45, 7) is 0.639. The van der Waals surface area contributed by atoms with Gasteiger partial charge in [-0.25, -0.2) is 0 Å². The number of benzene rings is 1. The van der Waals surface area contributed by atoms with Crippen LogP contribution in [0.5, 0.6) is 5.75 Å². The molecule has 5 heteroatoms. The van der Waals surface area contributed by atoms with E-state index in [-0.39, 0.29) is 11.2 Å². The lowest BCUT2D eigenvalue weighted by Gasteiger charge is -2.19. The molecule has 3 nitrogen and oxygen atoms in total. The fourth-order valence-corrected chi connectivity index (χ4v) is 2.46. The number of methoxy groups -OCH3 is 1. The van der Waals surface area contributed by atoms with Gasteiger partial charge in [-0.3, -0.25) is 4.79 Å². The van der Waals surface area contributed by atoms with Crippen molar-refractivity contribution in [2.75, 3.05) is 18.6 Å². The summed E-state index contributed by atoms with van der Waals surface area (Å²) in [5.74, 6) is 0.797. The van der Waals surface area contributed by atoms with E-state index in [0.29, 0.717) is 18.7 Å². The molecular weight excluding hydrogens is 290 g/mol. The molecule has 0 aromatic heterocycles. The molecule has 2 rings (SSSR count). The van der Waals surface area contributed by atoms with Gasteiger partial charge in [-0.2, -0.15) is 12.6 Å². The summed E-state index contributed by atoms with van der Waals surface area (Å²) in [6, 6.07) is 5.64. The molecule has 86 valence electrons. The lowest BCUT2D eigenvalue weighted by atomic mass is 10.2. The van der Waals surface area contributed by atoms with Crippen LogP contribution in [0.4, 0.5) is 5.69 Å². The number of amides is 1. The fraction of sp³-hybridized carbons (Fsp3) is 0.364. The Balaban J connectivity index is 2.36. The average Bonchev–Trinajstić information content (AvgIpc) is 2.57. The van der Waals surface area contributed by atoms with Gasteiger partial charge in [-0.15, -0.1) is 0 Å². The average molecular weight is 302 g/mol. The number of ether oxygens (including phenoxy) is 1. The topological polar surface area (TPSA) is 29.5 Å². The highest BCUT2D eigenvalue weighted by atomic mass is 79.9. The van der Waals surface area contributed by atoms with Crippen LogP contribution >= 0.6 is 28.6 Å². The fourth-order valence-electron chi connectivity index (χ4n) is 1.80. The van der Waals surface area contributed by atoms with E-state index >= 15 is 0 Å². The largest absolute Gasteiger partial charge is 0.495 e. The second kappa shape index (κ2) is 4.67. The van der Waals surface area contributed by atoms with Crippen molar-refractivity contribution in [1.29, 1.82) is 0 Å². The van der Waals surface area contributed by atoms with Crippen LogP contribution in [0.15, 0.2) is 22.7 Å².